The van der Waals surface area contributed by atoms with Gasteiger partial charge in [-0.1, -0.05) is 61.4 Å². The van der Waals surface area contributed by atoms with E-state index >= 15 is 0 Å². The quantitative estimate of drug-likeness (QED) is 0.472. The molecule has 3 aromatic rings. The van der Waals surface area contributed by atoms with Crippen LogP contribution >= 0.6 is 0 Å². The Morgan fingerprint density at radius 2 is 1.68 bits per heavy atom. The van der Waals surface area contributed by atoms with E-state index in [1.807, 2.05) is 6.07 Å². The lowest BCUT2D eigenvalue weighted by Crippen LogP contribution is -1.92. The smallest absolute Gasteiger partial charge is 0.146 e. The second-order valence-electron chi connectivity index (χ2n) is 7.76. The number of aryl methyl sites for hydroxylation is 1. The van der Waals surface area contributed by atoms with Crippen molar-refractivity contribution in [2.24, 2.45) is 0 Å². The summed E-state index contributed by atoms with van der Waals surface area (Å²) in [5, 5.41) is 0. The van der Waals surface area contributed by atoms with Gasteiger partial charge in [0.05, 0.1) is 5.69 Å². The van der Waals surface area contributed by atoms with E-state index in [1.54, 1.807) is 11.6 Å². The van der Waals surface area contributed by atoms with Gasteiger partial charge in [-0.3, -0.25) is 0 Å². The molecule has 2 N–H and O–H groups in total. The molecule has 4 rings (SSSR count). The van der Waals surface area contributed by atoms with Crippen molar-refractivity contribution < 1.29 is 4.39 Å². The maximum Gasteiger partial charge on any atom is 0.146 e. The minimum absolute atomic E-state index is 0.183. The van der Waals surface area contributed by atoms with Crippen molar-refractivity contribution >= 4 is 11.8 Å². The number of nitrogens with two attached hydrogens (primary N) is 1. The molecule has 2 heteroatoms. The van der Waals surface area contributed by atoms with Gasteiger partial charge in [0.1, 0.15) is 5.82 Å². The standard InChI is InChI=1S/C26H26FN/c1-3-4-5-18-13-20-6-7-21(15-23(20)14-18)19-8-10-24(17(2)12-19)22-9-11-26(28)25(27)16-22/h6-12,14-16H,3-5,13,28H2,1-2H3. The molecule has 0 fully saturated rings. The molecule has 0 bridgehead atoms. The monoisotopic (exact) mass is 371 g/mol. The lowest BCUT2D eigenvalue weighted by molar-refractivity contribution is 0.633. The van der Waals surface area contributed by atoms with Gasteiger partial charge < -0.3 is 5.73 Å². The van der Waals surface area contributed by atoms with E-state index in [9.17, 15) is 4.39 Å². The number of anilines is 1. The summed E-state index contributed by atoms with van der Waals surface area (Å²) in [5.41, 5.74) is 15.6. The summed E-state index contributed by atoms with van der Waals surface area (Å²) < 4.78 is 13.8. The molecule has 1 aliphatic rings. The van der Waals surface area contributed by atoms with Gasteiger partial charge in [0.25, 0.3) is 0 Å². The summed E-state index contributed by atoms with van der Waals surface area (Å²) in [5.74, 6) is -0.370. The number of nitrogen functional groups attached to an aromatic ring is 1. The van der Waals surface area contributed by atoms with Crippen LogP contribution < -0.4 is 5.73 Å². The van der Waals surface area contributed by atoms with Crippen LogP contribution in [0.15, 0.2) is 60.2 Å². The zero-order chi connectivity index (χ0) is 19.7. The third-order valence-electron chi connectivity index (χ3n) is 5.65. The molecule has 0 unspecified atom stereocenters. The maximum atomic E-state index is 13.8. The average molecular weight is 371 g/mol. The molecule has 0 atom stereocenters. The highest BCUT2D eigenvalue weighted by molar-refractivity contribution is 5.77. The molecular formula is C26H26FN. The predicted molar refractivity (Wildman–Crippen MR) is 118 cm³/mol. The van der Waals surface area contributed by atoms with Crippen LogP contribution in [0, 0.1) is 12.7 Å². The first kappa shape index (κ1) is 18.5. The van der Waals surface area contributed by atoms with Crippen molar-refractivity contribution in [3.8, 4) is 22.3 Å². The molecule has 0 radical (unpaired) electrons. The molecule has 0 amide bonds. The van der Waals surface area contributed by atoms with Gasteiger partial charge in [-0.15, -0.1) is 0 Å². The molecule has 0 saturated heterocycles. The normalized spacial score (nSPS) is 12.8. The molecular weight excluding hydrogens is 345 g/mol. The lowest BCUT2D eigenvalue weighted by Gasteiger charge is -2.11. The number of fused-ring (bicyclic) bond motifs is 1. The summed E-state index contributed by atoms with van der Waals surface area (Å²) in [6, 6.07) is 18.2. The van der Waals surface area contributed by atoms with Gasteiger partial charge >= 0.3 is 0 Å². The fraction of sp³-hybridized carbons (Fsp3) is 0.231. The molecule has 3 aromatic carbocycles. The Balaban J connectivity index is 1.63. The van der Waals surface area contributed by atoms with Crippen molar-refractivity contribution in [2.45, 2.75) is 39.5 Å². The van der Waals surface area contributed by atoms with Crippen molar-refractivity contribution in [3.05, 3.63) is 82.7 Å². The molecule has 142 valence electrons. The third-order valence-corrected chi connectivity index (χ3v) is 5.65. The van der Waals surface area contributed by atoms with Crippen molar-refractivity contribution in [2.75, 3.05) is 5.73 Å². The fourth-order valence-corrected chi connectivity index (χ4v) is 4.01. The van der Waals surface area contributed by atoms with E-state index in [0.29, 0.717) is 0 Å². The number of unbranched alkanes of at least 4 members (excludes halogenated alkanes) is 1. The zero-order valence-corrected chi connectivity index (χ0v) is 16.6. The molecule has 0 spiro atoms. The summed E-state index contributed by atoms with van der Waals surface area (Å²) in [6.07, 6.45) is 7.16. The van der Waals surface area contributed by atoms with Crippen LogP contribution in [0.3, 0.4) is 0 Å². The number of allylic oxidation sites excluding steroid dienone is 1. The summed E-state index contributed by atoms with van der Waals surface area (Å²) >= 11 is 0. The topological polar surface area (TPSA) is 26.0 Å². The molecule has 1 aliphatic carbocycles. The van der Waals surface area contributed by atoms with Gasteiger partial charge in [-0.25, -0.2) is 4.39 Å². The molecule has 0 aliphatic heterocycles. The van der Waals surface area contributed by atoms with Gasteiger partial charge in [0.2, 0.25) is 0 Å². The lowest BCUT2D eigenvalue weighted by atomic mass is 9.94. The first-order valence-corrected chi connectivity index (χ1v) is 10.0. The Morgan fingerprint density at radius 1 is 0.929 bits per heavy atom. The highest BCUT2D eigenvalue weighted by atomic mass is 19.1. The highest BCUT2D eigenvalue weighted by Crippen LogP contribution is 2.34. The summed E-state index contributed by atoms with van der Waals surface area (Å²) in [7, 11) is 0. The largest absolute Gasteiger partial charge is 0.396 e. The van der Waals surface area contributed by atoms with Crippen LogP contribution in [-0.2, 0) is 6.42 Å². The zero-order valence-electron chi connectivity index (χ0n) is 16.6. The number of hydrogen-bond acceptors (Lipinski definition) is 1. The molecule has 0 saturated carbocycles. The van der Waals surface area contributed by atoms with E-state index in [4.69, 9.17) is 5.73 Å². The SMILES string of the molecule is CCCCC1=Cc2cc(-c3ccc(-c4ccc(N)c(F)c4)c(C)c3)ccc2C1. The van der Waals surface area contributed by atoms with Crippen LogP contribution in [0.2, 0.25) is 0 Å². The van der Waals surface area contributed by atoms with Crippen molar-refractivity contribution in [1.29, 1.82) is 0 Å². The minimum atomic E-state index is -0.370. The third kappa shape index (κ3) is 3.60. The van der Waals surface area contributed by atoms with E-state index in [0.717, 1.165) is 23.1 Å². The first-order chi connectivity index (χ1) is 13.5. The Hall–Kier alpha value is -2.87. The average Bonchev–Trinajstić information content (AvgIpc) is 3.10. The maximum absolute atomic E-state index is 13.8. The van der Waals surface area contributed by atoms with E-state index in [-0.39, 0.29) is 11.5 Å². The Morgan fingerprint density at radius 3 is 2.43 bits per heavy atom. The summed E-state index contributed by atoms with van der Waals surface area (Å²) in [4.78, 5) is 0. The summed E-state index contributed by atoms with van der Waals surface area (Å²) in [6.45, 7) is 4.31. The van der Waals surface area contributed by atoms with Crippen LogP contribution in [0.5, 0.6) is 0 Å². The fourth-order valence-electron chi connectivity index (χ4n) is 4.01. The molecule has 0 aromatic heterocycles. The Labute approximate surface area is 166 Å². The highest BCUT2D eigenvalue weighted by Gasteiger charge is 2.14. The van der Waals surface area contributed by atoms with Crippen molar-refractivity contribution in [3.63, 3.8) is 0 Å². The number of halogens is 1. The van der Waals surface area contributed by atoms with Gasteiger partial charge in [-0.05, 0) is 83.3 Å². The second kappa shape index (κ2) is 7.63. The Bertz CT molecular complexity index is 1060. The van der Waals surface area contributed by atoms with Crippen LogP contribution in [0.25, 0.3) is 28.3 Å². The van der Waals surface area contributed by atoms with E-state index in [1.165, 1.54) is 47.6 Å². The van der Waals surface area contributed by atoms with E-state index in [2.05, 4.69) is 56.3 Å². The van der Waals surface area contributed by atoms with Crippen molar-refractivity contribution in [1.82, 2.24) is 0 Å². The molecule has 1 nitrogen and oxygen atoms in total. The number of rotatable bonds is 5. The number of hydrogen-bond donors (Lipinski definition) is 1. The van der Waals surface area contributed by atoms with Crippen LogP contribution in [-0.4, -0.2) is 0 Å². The van der Waals surface area contributed by atoms with Gasteiger partial charge in [0, 0.05) is 0 Å². The predicted octanol–water partition coefficient (Wildman–Crippen LogP) is 7.18. The van der Waals surface area contributed by atoms with E-state index < -0.39 is 0 Å². The first-order valence-electron chi connectivity index (χ1n) is 10.0. The van der Waals surface area contributed by atoms with Gasteiger partial charge in [0.15, 0.2) is 0 Å². The Kier molecular flexibility index (Phi) is 5.04. The number of benzene rings is 3. The molecule has 0 heterocycles. The minimum Gasteiger partial charge on any atom is -0.396 e. The van der Waals surface area contributed by atoms with Crippen LogP contribution in [0.4, 0.5) is 10.1 Å². The van der Waals surface area contributed by atoms with Crippen LogP contribution in [0.1, 0.15) is 42.9 Å². The molecule has 28 heavy (non-hydrogen) atoms. The van der Waals surface area contributed by atoms with Gasteiger partial charge in [-0.2, -0.15) is 0 Å². The second-order valence-corrected chi connectivity index (χ2v) is 7.76.